The number of hydrogen-bond donors (Lipinski definition) is 1. The third kappa shape index (κ3) is 1.92. The average molecular weight is 217 g/mol. The molecule has 4 heteroatoms. The highest BCUT2D eigenvalue weighted by Crippen LogP contribution is 2.39. The molecule has 0 aliphatic heterocycles. The molecule has 0 aromatic carbocycles. The number of carbonyl (C=O) groups is 1. The number of carbonyl (C=O) groups excluding carboxylic acids is 1. The van der Waals surface area contributed by atoms with Crippen molar-refractivity contribution in [3.8, 4) is 0 Å². The molecular formula is C12H15N3O. The fraction of sp³-hybridized carbons (Fsp3) is 0.583. The summed E-state index contributed by atoms with van der Waals surface area (Å²) in [6.07, 6.45) is 6.83. The summed E-state index contributed by atoms with van der Waals surface area (Å²) in [5, 5.41) is 2.86. The number of anilines is 1. The maximum Gasteiger partial charge on any atom is 0.227 e. The van der Waals surface area contributed by atoms with Crippen LogP contribution < -0.4 is 5.32 Å². The van der Waals surface area contributed by atoms with Crippen molar-refractivity contribution in [1.29, 1.82) is 0 Å². The van der Waals surface area contributed by atoms with Crippen LogP contribution in [-0.2, 0) is 4.79 Å². The number of aromatic nitrogens is 2. The molecular weight excluding hydrogens is 202 g/mol. The quantitative estimate of drug-likeness (QED) is 0.841. The molecule has 0 spiro atoms. The van der Waals surface area contributed by atoms with E-state index in [2.05, 4.69) is 22.2 Å². The van der Waals surface area contributed by atoms with Crippen molar-refractivity contribution in [2.45, 2.75) is 32.1 Å². The van der Waals surface area contributed by atoms with E-state index in [4.69, 9.17) is 0 Å². The average Bonchev–Trinajstić information content (AvgIpc) is 3.13. The van der Waals surface area contributed by atoms with Crippen LogP contribution in [0.25, 0.3) is 0 Å². The molecule has 2 aliphatic rings. The van der Waals surface area contributed by atoms with Crippen molar-refractivity contribution < 1.29 is 4.79 Å². The van der Waals surface area contributed by atoms with E-state index in [0.29, 0.717) is 17.5 Å². The minimum absolute atomic E-state index is 0.107. The van der Waals surface area contributed by atoms with E-state index in [1.54, 1.807) is 12.4 Å². The fourth-order valence-electron chi connectivity index (χ4n) is 1.88. The Balaban J connectivity index is 1.63. The SMILES string of the molecule is CC1CC1C(=O)Nc1cnc(C2CC2)nc1. The number of amides is 1. The smallest absolute Gasteiger partial charge is 0.227 e. The molecule has 1 aromatic rings. The van der Waals surface area contributed by atoms with Gasteiger partial charge in [0.25, 0.3) is 0 Å². The van der Waals surface area contributed by atoms with Crippen LogP contribution in [0.5, 0.6) is 0 Å². The van der Waals surface area contributed by atoms with Gasteiger partial charge in [-0.15, -0.1) is 0 Å². The number of nitrogens with one attached hydrogen (secondary N) is 1. The van der Waals surface area contributed by atoms with E-state index in [0.717, 1.165) is 12.2 Å². The van der Waals surface area contributed by atoms with E-state index < -0.39 is 0 Å². The summed E-state index contributed by atoms with van der Waals surface area (Å²) >= 11 is 0. The van der Waals surface area contributed by atoms with Crippen molar-refractivity contribution in [1.82, 2.24) is 9.97 Å². The Hall–Kier alpha value is -1.45. The first-order valence-corrected chi connectivity index (χ1v) is 5.87. The van der Waals surface area contributed by atoms with E-state index in [1.807, 2.05) is 0 Å². The standard InChI is InChI=1S/C12H15N3O/c1-7-4-10(7)12(16)15-9-5-13-11(14-6-9)8-2-3-8/h5-8,10H,2-4H2,1H3,(H,15,16). The zero-order valence-electron chi connectivity index (χ0n) is 9.31. The Kier molecular flexibility index (Phi) is 2.16. The molecule has 2 unspecified atom stereocenters. The van der Waals surface area contributed by atoms with Gasteiger partial charge in [0.15, 0.2) is 0 Å². The van der Waals surface area contributed by atoms with Crippen LogP contribution in [0.2, 0.25) is 0 Å². The van der Waals surface area contributed by atoms with Crippen LogP contribution in [0.1, 0.15) is 37.9 Å². The number of hydrogen-bond acceptors (Lipinski definition) is 3. The molecule has 4 nitrogen and oxygen atoms in total. The molecule has 84 valence electrons. The molecule has 2 fully saturated rings. The predicted molar refractivity (Wildman–Crippen MR) is 59.9 cm³/mol. The normalized spacial score (nSPS) is 27.6. The van der Waals surface area contributed by atoms with Crippen LogP contribution in [0.15, 0.2) is 12.4 Å². The van der Waals surface area contributed by atoms with Gasteiger partial charge in [0.2, 0.25) is 5.91 Å². The van der Waals surface area contributed by atoms with E-state index >= 15 is 0 Å². The summed E-state index contributed by atoms with van der Waals surface area (Å²) in [6, 6.07) is 0. The molecule has 1 N–H and O–H groups in total. The second kappa shape index (κ2) is 3.54. The molecule has 0 saturated heterocycles. The third-order valence-corrected chi connectivity index (χ3v) is 3.33. The largest absolute Gasteiger partial charge is 0.323 e. The number of nitrogens with zero attached hydrogens (tertiary/aromatic N) is 2. The van der Waals surface area contributed by atoms with Gasteiger partial charge in [-0.1, -0.05) is 6.92 Å². The molecule has 1 heterocycles. The van der Waals surface area contributed by atoms with Gasteiger partial charge < -0.3 is 5.32 Å². The molecule has 0 bridgehead atoms. The highest BCUT2D eigenvalue weighted by molar-refractivity contribution is 5.94. The van der Waals surface area contributed by atoms with Crippen LogP contribution in [0.4, 0.5) is 5.69 Å². The molecule has 1 amide bonds. The van der Waals surface area contributed by atoms with Crippen molar-refractivity contribution in [2.75, 3.05) is 5.32 Å². The summed E-state index contributed by atoms with van der Waals surface area (Å²) in [6.45, 7) is 2.09. The lowest BCUT2D eigenvalue weighted by Crippen LogP contribution is -2.15. The maximum atomic E-state index is 11.6. The zero-order chi connectivity index (χ0) is 11.1. The molecule has 1 aromatic heterocycles. The van der Waals surface area contributed by atoms with Crippen molar-refractivity contribution >= 4 is 11.6 Å². The van der Waals surface area contributed by atoms with Gasteiger partial charge in [-0.2, -0.15) is 0 Å². The first kappa shape index (κ1) is 9.75. The third-order valence-electron chi connectivity index (χ3n) is 3.33. The minimum atomic E-state index is 0.107. The molecule has 16 heavy (non-hydrogen) atoms. The van der Waals surface area contributed by atoms with Gasteiger partial charge >= 0.3 is 0 Å². The van der Waals surface area contributed by atoms with E-state index in [-0.39, 0.29) is 11.8 Å². The monoisotopic (exact) mass is 217 g/mol. The van der Waals surface area contributed by atoms with Crippen molar-refractivity contribution in [3.63, 3.8) is 0 Å². The van der Waals surface area contributed by atoms with Gasteiger partial charge in [-0.25, -0.2) is 9.97 Å². The molecule has 0 radical (unpaired) electrons. The predicted octanol–water partition coefficient (Wildman–Crippen LogP) is 1.95. The Morgan fingerprint density at radius 1 is 1.38 bits per heavy atom. The molecule has 2 saturated carbocycles. The second-order valence-electron chi connectivity index (χ2n) is 4.91. The zero-order valence-corrected chi connectivity index (χ0v) is 9.31. The summed E-state index contributed by atoms with van der Waals surface area (Å²) < 4.78 is 0. The van der Waals surface area contributed by atoms with Gasteiger partial charge in [0.05, 0.1) is 18.1 Å². The second-order valence-corrected chi connectivity index (χ2v) is 4.91. The van der Waals surface area contributed by atoms with E-state index in [1.165, 1.54) is 12.8 Å². The lowest BCUT2D eigenvalue weighted by molar-refractivity contribution is -0.117. The van der Waals surface area contributed by atoms with Gasteiger partial charge in [0.1, 0.15) is 5.82 Å². The summed E-state index contributed by atoms with van der Waals surface area (Å²) in [7, 11) is 0. The summed E-state index contributed by atoms with van der Waals surface area (Å²) in [4.78, 5) is 20.2. The Morgan fingerprint density at radius 2 is 2.00 bits per heavy atom. The van der Waals surface area contributed by atoms with Gasteiger partial charge in [-0.3, -0.25) is 4.79 Å². The topological polar surface area (TPSA) is 54.9 Å². The highest BCUT2D eigenvalue weighted by Gasteiger charge is 2.39. The van der Waals surface area contributed by atoms with Gasteiger partial charge in [-0.05, 0) is 25.2 Å². The highest BCUT2D eigenvalue weighted by atomic mass is 16.2. The Labute approximate surface area is 94.5 Å². The Bertz CT molecular complexity index is 411. The Morgan fingerprint density at radius 3 is 2.50 bits per heavy atom. The van der Waals surface area contributed by atoms with Crippen LogP contribution in [0, 0.1) is 11.8 Å². The van der Waals surface area contributed by atoms with Crippen LogP contribution >= 0.6 is 0 Å². The number of rotatable bonds is 3. The first-order valence-electron chi connectivity index (χ1n) is 5.87. The summed E-state index contributed by atoms with van der Waals surface area (Å²) in [5.41, 5.74) is 0.716. The lowest BCUT2D eigenvalue weighted by atomic mass is 10.3. The molecule has 2 atom stereocenters. The fourth-order valence-corrected chi connectivity index (χ4v) is 1.88. The summed E-state index contributed by atoms with van der Waals surface area (Å²) in [5.74, 6) is 2.32. The van der Waals surface area contributed by atoms with Crippen molar-refractivity contribution in [2.24, 2.45) is 11.8 Å². The van der Waals surface area contributed by atoms with Gasteiger partial charge in [0, 0.05) is 11.8 Å². The minimum Gasteiger partial charge on any atom is -0.323 e. The molecule has 2 aliphatic carbocycles. The van der Waals surface area contributed by atoms with Crippen LogP contribution in [0.3, 0.4) is 0 Å². The lowest BCUT2D eigenvalue weighted by Gasteiger charge is -2.04. The maximum absolute atomic E-state index is 11.6. The van der Waals surface area contributed by atoms with Crippen molar-refractivity contribution in [3.05, 3.63) is 18.2 Å². The van der Waals surface area contributed by atoms with E-state index in [9.17, 15) is 4.79 Å². The first-order chi connectivity index (χ1) is 7.74. The molecule has 3 rings (SSSR count). The van der Waals surface area contributed by atoms with Crippen LogP contribution in [-0.4, -0.2) is 15.9 Å².